The van der Waals surface area contributed by atoms with Gasteiger partial charge in [0.15, 0.2) is 5.69 Å². The molecule has 0 unspecified atom stereocenters. The fourth-order valence-corrected chi connectivity index (χ4v) is 2.25. The number of carbonyl (C=O) groups is 1. The molecule has 0 saturated carbocycles. The molecule has 1 saturated heterocycles. The van der Waals surface area contributed by atoms with E-state index in [4.69, 9.17) is 4.74 Å². The molecule has 6 heteroatoms. The number of rotatable bonds is 5. The lowest BCUT2D eigenvalue weighted by atomic mass is 10.1. The van der Waals surface area contributed by atoms with Crippen LogP contribution < -0.4 is 5.32 Å². The number of piperidine rings is 1. The molecule has 1 N–H and O–H groups in total. The Morgan fingerprint density at radius 2 is 2.15 bits per heavy atom. The summed E-state index contributed by atoms with van der Waals surface area (Å²) < 4.78 is 5.30. The van der Waals surface area contributed by atoms with E-state index in [1.807, 2.05) is 4.90 Å². The Hall–Kier alpha value is -1.69. The van der Waals surface area contributed by atoms with E-state index in [0.717, 1.165) is 38.9 Å². The molecule has 20 heavy (non-hydrogen) atoms. The summed E-state index contributed by atoms with van der Waals surface area (Å²) in [7, 11) is 1.72. The molecule has 6 nitrogen and oxygen atoms in total. The number of aromatic nitrogens is 2. The van der Waals surface area contributed by atoms with Crippen molar-refractivity contribution in [3.8, 4) is 0 Å². The summed E-state index contributed by atoms with van der Waals surface area (Å²) in [5.74, 6) is 0.663. The Kier molecular flexibility index (Phi) is 5.29. The van der Waals surface area contributed by atoms with Gasteiger partial charge in [-0.2, -0.15) is 0 Å². The van der Waals surface area contributed by atoms with E-state index in [-0.39, 0.29) is 12.0 Å². The molecule has 2 rings (SSSR count). The highest BCUT2D eigenvalue weighted by Gasteiger charge is 2.24. The fraction of sp³-hybridized carbons (Fsp3) is 0.643. The van der Waals surface area contributed by atoms with Crippen LogP contribution in [0.5, 0.6) is 0 Å². The van der Waals surface area contributed by atoms with E-state index in [0.29, 0.717) is 11.5 Å². The van der Waals surface area contributed by atoms with Crippen LogP contribution in [0, 0.1) is 0 Å². The maximum Gasteiger partial charge on any atom is 0.274 e. The molecule has 0 aliphatic carbocycles. The van der Waals surface area contributed by atoms with Crippen LogP contribution in [0.4, 0.5) is 5.82 Å². The minimum Gasteiger partial charge on any atom is -0.381 e. The lowest BCUT2D eigenvalue weighted by Gasteiger charge is -2.30. The first-order chi connectivity index (χ1) is 9.74. The van der Waals surface area contributed by atoms with Crippen LogP contribution >= 0.6 is 0 Å². The summed E-state index contributed by atoms with van der Waals surface area (Å²) in [6.07, 6.45) is 3.06. The first-order valence-corrected chi connectivity index (χ1v) is 7.14. The number of ether oxygens (including phenoxy) is 1. The van der Waals surface area contributed by atoms with Crippen LogP contribution in [0.3, 0.4) is 0 Å². The molecule has 1 fully saturated rings. The first kappa shape index (κ1) is 14.7. The van der Waals surface area contributed by atoms with Gasteiger partial charge in [-0.25, -0.2) is 0 Å². The Bertz CT molecular complexity index is 427. The molecular weight excluding hydrogens is 256 g/mol. The van der Waals surface area contributed by atoms with Gasteiger partial charge in [0, 0.05) is 26.7 Å². The number of likely N-dealkylation sites (tertiary alicyclic amines) is 1. The third-order valence-electron chi connectivity index (χ3n) is 3.50. The van der Waals surface area contributed by atoms with Crippen molar-refractivity contribution in [2.75, 3.05) is 32.1 Å². The standard InChI is InChI=1S/C14H22N4O2/c1-3-8-15-13-5-4-12(16-17-13)14(19)18-9-6-11(20-2)7-10-18/h4-5,11H,3,6-10H2,1-2H3,(H,15,17). The van der Waals surface area contributed by atoms with Gasteiger partial charge < -0.3 is 15.0 Å². The van der Waals surface area contributed by atoms with E-state index < -0.39 is 0 Å². The van der Waals surface area contributed by atoms with Crippen molar-refractivity contribution in [2.45, 2.75) is 32.3 Å². The van der Waals surface area contributed by atoms with E-state index in [9.17, 15) is 4.79 Å². The smallest absolute Gasteiger partial charge is 0.274 e. The van der Waals surface area contributed by atoms with E-state index in [1.165, 1.54) is 0 Å². The van der Waals surface area contributed by atoms with Gasteiger partial charge in [0.25, 0.3) is 5.91 Å². The van der Waals surface area contributed by atoms with Crippen molar-refractivity contribution in [1.29, 1.82) is 0 Å². The molecule has 1 aliphatic rings. The van der Waals surface area contributed by atoms with Crippen LogP contribution in [-0.4, -0.2) is 53.9 Å². The molecule has 0 bridgehead atoms. The highest BCUT2D eigenvalue weighted by atomic mass is 16.5. The maximum absolute atomic E-state index is 12.3. The van der Waals surface area contributed by atoms with Gasteiger partial charge >= 0.3 is 0 Å². The largest absolute Gasteiger partial charge is 0.381 e. The summed E-state index contributed by atoms with van der Waals surface area (Å²) in [6, 6.07) is 3.54. The van der Waals surface area contributed by atoms with E-state index in [2.05, 4.69) is 22.4 Å². The lowest BCUT2D eigenvalue weighted by molar-refractivity contribution is 0.0347. The van der Waals surface area contributed by atoms with Gasteiger partial charge in [-0.1, -0.05) is 6.92 Å². The molecular formula is C14H22N4O2. The van der Waals surface area contributed by atoms with Crippen LogP contribution in [0.15, 0.2) is 12.1 Å². The van der Waals surface area contributed by atoms with Gasteiger partial charge in [-0.05, 0) is 31.4 Å². The zero-order chi connectivity index (χ0) is 14.4. The third-order valence-corrected chi connectivity index (χ3v) is 3.50. The number of nitrogens with zero attached hydrogens (tertiary/aromatic N) is 3. The number of nitrogens with one attached hydrogen (secondary N) is 1. The van der Waals surface area contributed by atoms with Crippen LogP contribution in [-0.2, 0) is 4.74 Å². The van der Waals surface area contributed by atoms with E-state index >= 15 is 0 Å². The summed E-state index contributed by atoms with van der Waals surface area (Å²) in [5, 5.41) is 11.2. The maximum atomic E-state index is 12.3. The summed E-state index contributed by atoms with van der Waals surface area (Å²) in [6.45, 7) is 4.37. The Labute approximate surface area is 119 Å². The van der Waals surface area contributed by atoms with Crippen molar-refractivity contribution in [3.63, 3.8) is 0 Å². The molecule has 110 valence electrons. The van der Waals surface area contributed by atoms with Gasteiger partial charge in [0.2, 0.25) is 0 Å². The van der Waals surface area contributed by atoms with Gasteiger partial charge in [0.1, 0.15) is 5.82 Å². The second-order valence-corrected chi connectivity index (χ2v) is 4.96. The monoisotopic (exact) mass is 278 g/mol. The summed E-state index contributed by atoms with van der Waals surface area (Å²) in [5.41, 5.74) is 0.405. The minimum absolute atomic E-state index is 0.0471. The number of amides is 1. The van der Waals surface area contributed by atoms with Crippen LogP contribution in [0.25, 0.3) is 0 Å². The van der Waals surface area contributed by atoms with Crippen molar-refractivity contribution < 1.29 is 9.53 Å². The summed E-state index contributed by atoms with van der Waals surface area (Å²) >= 11 is 0. The summed E-state index contributed by atoms with van der Waals surface area (Å²) in [4.78, 5) is 14.1. The predicted molar refractivity (Wildman–Crippen MR) is 76.7 cm³/mol. The highest BCUT2D eigenvalue weighted by molar-refractivity contribution is 5.92. The fourth-order valence-electron chi connectivity index (χ4n) is 2.25. The average Bonchev–Trinajstić information content (AvgIpc) is 2.53. The molecule has 2 heterocycles. The predicted octanol–water partition coefficient (Wildman–Crippen LogP) is 1.55. The highest BCUT2D eigenvalue weighted by Crippen LogP contribution is 2.15. The molecule has 0 atom stereocenters. The molecule has 1 aromatic rings. The van der Waals surface area contributed by atoms with Gasteiger partial charge in [0.05, 0.1) is 6.10 Å². The van der Waals surface area contributed by atoms with Crippen molar-refractivity contribution in [2.24, 2.45) is 0 Å². The molecule has 0 radical (unpaired) electrons. The number of hydrogen-bond donors (Lipinski definition) is 1. The Balaban J connectivity index is 1.92. The van der Waals surface area contributed by atoms with Gasteiger partial charge in [-0.3, -0.25) is 4.79 Å². The van der Waals surface area contributed by atoms with Crippen LogP contribution in [0.1, 0.15) is 36.7 Å². The molecule has 0 spiro atoms. The average molecular weight is 278 g/mol. The number of hydrogen-bond acceptors (Lipinski definition) is 5. The van der Waals surface area contributed by atoms with Gasteiger partial charge in [-0.15, -0.1) is 10.2 Å². The molecule has 0 aromatic carbocycles. The first-order valence-electron chi connectivity index (χ1n) is 7.14. The normalized spacial score (nSPS) is 16.2. The third kappa shape index (κ3) is 3.66. The minimum atomic E-state index is -0.0471. The Morgan fingerprint density at radius 3 is 2.70 bits per heavy atom. The quantitative estimate of drug-likeness (QED) is 0.885. The second-order valence-electron chi connectivity index (χ2n) is 4.96. The lowest BCUT2D eigenvalue weighted by Crippen LogP contribution is -2.41. The molecule has 1 aliphatic heterocycles. The zero-order valence-electron chi connectivity index (χ0n) is 12.1. The van der Waals surface area contributed by atoms with Crippen molar-refractivity contribution in [3.05, 3.63) is 17.8 Å². The number of methoxy groups -OCH3 is 1. The van der Waals surface area contributed by atoms with E-state index in [1.54, 1.807) is 19.2 Å². The van der Waals surface area contributed by atoms with Crippen molar-refractivity contribution in [1.82, 2.24) is 15.1 Å². The zero-order valence-corrected chi connectivity index (χ0v) is 12.1. The van der Waals surface area contributed by atoms with Crippen molar-refractivity contribution >= 4 is 11.7 Å². The molecule has 1 amide bonds. The SMILES string of the molecule is CCCNc1ccc(C(=O)N2CCC(OC)CC2)nn1. The number of anilines is 1. The van der Waals surface area contributed by atoms with Crippen LogP contribution in [0.2, 0.25) is 0 Å². The number of carbonyl (C=O) groups excluding carboxylic acids is 1. The second kappa shape index (κ2) is 7.19. The molecule has 1 aromatic heterocycles. The topological polar surface area (TPSA) is 67.4 Å². The Morgan fingerprint density at radius 1 is 1.40 bits per heavy atom.